The number of sulfonamides is 1. The second-order valence-electron chi connectivity index (χ2n) is 4.95. The lowest BCUT2D eigenvalue weighted by molar-refractivity contribution is 0.594. The summed E-state index contributed by atoms with van der Waals surface area (Å²) in [5.74, 6) is 0.482. The van der Waals surface area contributed by atoms with Crippen LogP contribution in [0.3, 0.4) is 0 Å². The van der Waals surface area contributed by atoms with Crippen molar-refractivity contribution in [3.63, 3.8) is 0 Å². The van der Waals surface area contributed by atoms with Crippen LogP contribution >= 0.6 is 0 Å². The Labute approximate surface area is 118 Å². The average molecular weight is 319 g/mol. The Morgan fingerprint density at radius 3 is 2.55 bits per heavy atom. The van der Waals surface area contributed by atoms with Gasteiger partial charge in [-0.2, -0.15) is 0 Å². The van der Waals surface area contributed by atoms with Crippen LogP contribution in [0.15, 0.2) is 23.1 Å². The van der Waals surface area contributed by atoms with Gasteiger partial charge in [0.1, 0.15) is 4.90 Å². The minimum Gasteiger partial charge on any atom is -0.398 e. The number of hydrogen-bond donors (Lipinski definition) is 3. The summed E-state index contributed by atoms with van der Waals surface area (Å²) in [6, 6.07) is 4.36. The highest BCUT2D eigenvalue weighted by molar-refractivity contribution is 7.91. The highest BCUT2D eigenvalue weighted by atomic mass is 32.2. The van der Waals surface area contributed by atoms with Gasteiger partial charge in [-0.15, -0.1) is 0 Å². The number of rotatable bonds is 4. The van der Waals surface area contributed by atoms with Gasteiger partial charge in [0.2, 0.25) is 10.0 Å². The summed E-state index contributed by atoms with van der Waals surface area (Å²) < 4.78 is 45.1. The molecule has 1 unspecified atom stereocenters. The zero-order chi connectivity index (χ0) is 15.0. The average Bonchev–Trinajstić information content (AvgIpc) is 2.65. The van der Waals surface area contributed by atoms with Crippen LogP contribution in [0, 0.1) is 5.92 Å². The lowest BCUT2D eigenvalue weighted by atomic mass is 10.1. The number of anilines is 2. The fourth-order valence-electron chi connectivity index (χ4n) is 2.21. The Balaban J connectivity index is 2.03. The summed E-state index contributed by atoms with van der Waals surface area (Å²) in [5.41, 5.74) is 6.34. The van der Waals surface area contributed by atoms with E-state index in [1.807, 2.05) is 0 Å². The SMILES string of the molecule is Nc1cc(NCC2CCS(=O)(=O)C2)ccc1S(N)(=O)=O. The lowest BCUT2D eigenvalue weighted by Gasteiger charge is -2.12. The number of nitrogens with two attached hydrogens (primary N) is 2. The molecular formula is C11H17N3O4S2. The Morgan fingerprint density at radius 1 is 1.35 bits per heavy atom. The van der Waals surface area contributed by atoms with Crippen LogP contribution in [0.25, 0.3) is 0 Å². The standard InChI is InChI=1S/C11H17N3O4S2/c12-10-5-9(1-2-11(10)20(13,17)18)14-6-8-3-4-19(15,16)7-8/h1-2,5,8,14H,3-4,6-7,12H2,(H2,13,17,18). The van der Waals surface area contributed by atoms with Crippen molar-refractivity contribution in [1.82, 2.24) is 0 Å². The van der Waals surface area contributed by atoms with Crippen molar-refractivity contribution in [3.05, 3.63) is 18.2 Å². The second kappa shape index (κ2) is 5.23. The minimum atomic E-state index is -3.83. The van der Waals surface area contributed by atoms with E-state index in [2.05, 4.69) is 5.32 Å². The van der Waals surface area contributed by atoms with Crippen LogP contribution in [0.2, 0.25) is 0 Å². The molecule has 0 bridgehead atoms. The van der Waals surface area contributed by atoms with Crippen molar-refractivity contribution in [2.24, 2.45) is 11.1 Å². The predicted molar refractivity (Wildman–Crippen MR) is 77.5 cm³/mol. The van der Waals surface area contributed by atoms with E-state index < -0.39 is 19.9 Å². The van der Waals surface area contributed by atoms with Crippen molar-refractivity contribution in [2.75, 3.05) is 29.1 Å². The Hall–Kier alpha value is -1.32. The van der Waals surface area contributed by atoms with Gasteiger partial charge < -0.3 is 11.1 Å². The quantitative estimate of drug-likeness (QED) is 0.656. The molecule has 0 saturated carbocycles. The molecule has 1 atom stereocenters. The minimum absolute atomic E-state index is 0.0662. The summed E-state index contributed by atoms with van der Waals surface area (Å²) in [5, 5.41) is 8.08. The van der Waals surface area contributed by atoms with E-state index >= 15 is 0 Å². The molecular weight excluding hydrogens is 302 g/mol. The number of sulfone groups is 1. The maximum Gasteiger partial charge on any atom is 0.240 e. The summed E-state index contributed by atoms with van der Waals surface area (Å²) in [7, 11) is -6.72. The number of nitrogens with one attached hydrogen (secondary N) is 1. The molecule has 112 valence electrons. The van der Waals surface area contributed by atoms with Gasteiger partial charge in [-0.3, -0.25) is 0 Å². The van der Waals surface area contributed by atoms with Crippen molar-refractivity contribution in [3.8, 4) is 0 Å². The Morgan fingerprint density at radius 2 is 2.05 bits per heavy atom. The van der Waals surface area contributed by atoms with Crippen LogP contribution in [0.1, 0.15) is 6.42 Å². The van der Waals surface area contributed by atoms with Gasteiger partial charge in [-0.1, -0.05) is 0 Å². The van der Waals surface area contributed by atoms with Crippen molar-refractivity contribution < 1.29 is 16.8 Å². The molecule has 0 amide bonds. The zero-order valence-electron chi connectivity index (χ0n) is 10.7. The van der Waals surface area contributed by atoms with E-state index in [1.165, 1.54) is 12.1 Å². The Bertz CT molecular complexity index is 713. The molecule has 1 aromatic rings. The fraction of sp³-hybridized carbons (Fsp3) is 0.455. The molecule has 1 heterocycles. The van der Waals surface area contributed by atoms with Crippen LogP contribution in [0.5, 0.6) is 0 Å². The number of nitrogen functional groups attached to an aromatic ring is 1. The number of primary sulfonamides is 1. The maximum atomic E-state index is 11.3. The van der Waals surface area contributed by atoms with Crippen LogP contribution < -0.4 is 16.2 Å². The van der Waals surface area contributed by atoms with E-state index in [9.17, 15) is 16.8 Å². The smallest absolute Gasteiger partial charge is 0.240 e. The summed E-state index contributed by atoms with van der Waals surface area (Å²) >= 11 is 0. The van der Waals surface area contributed by atoms with Gasteiger partial charge in [0.05, 0.1) is 17.2 Å². The fourth-order valence-corrected chi connectivity index (χ4v) is 4.72. The molecule has 0 spiro atoms. The number of benzene rings is 1. The monoisotopic (exact) mass is 319 g/mol. The largest absolute Gasteiger partial charge is 0.398 e. The van der Waals surface area contributed by atoms with E-state index in [1.54, 1.807) is 6.07 Å². The summed E-state index contributed by atoms with van der Waals surface area (Å²) in [4.78, 5) is -0.119. The molecule has 1 aromatic carbocycles. The van der Waals surface area contributed by atoms with Crippen molar-refractivity contribution in [2.45, 2.75) is 11.3 Å². The molecule has 0 aliphatic carbocycles. The molecule has 1 fully saturated rings. The van der Waals surface area contributed by atoms with Gasteiger partial charge >= 0.3 is 0 Å². The van der Waals surface area contributed by atoms with Crippen molar-refractivity contribution >= 4 is 31.2 Å². The van der Waals surface area contributed by atoms with Crippen LogP contribution in [-0.4, -0.2) is 34.9 Å². The predicted octanol–water partition coefficient (Wildman–Crippen LogP) is -0.237. The first-order valence-electron chi connectivity index (χ1n) is 6.04. The van der Waals surface area contributed by atoms with Gasteiger partial charge in [-0.25, -0.2) is 22.0 Å². The molecule has 9 heteroatoms. The topological polar surface area (TPSA) is 132 Å². The zero-order valence-corrected chi connectivity index (χ0v) is 12.4. The van der Waals surface area contributed by atoms with E-state index in [-0.39, 0.29) is 28.0 Å². The highest BCUT2D eigenvalue weighted by Gasteiger charge is 2.27. The van der Waals surface area contributed by atoms with Crippen LogP contribution in [-0.2, 0) is 19.9 Å². The molecule has 7 nitrogen and oxygen atoms in total. The first-order valence-corrected chi connectivity index (χ1v) is 9.41. The number of hydrogen-bond acceptors (Lipinski definition) is 6. The third-order valence-electron chi connectivity index (χ3n) is 3.24. The molecule has 2 rings (SSSR count). The molecule has 20 heavy (non-hydrogen) atoms. The summed E-state index contributed by atoms with van der Waals surface area (Å²) in [6.45, 7) is 0.507. The second-order valence-corrected chi connectivity index (χ2v) is 8.71. The summed E-state index contributed by atoms with van der Waals surface area (Å²) in [6.07, 6.45) is 0.639. The maximum absolute atomic E-state index is 11.3. The highest BCUT2D eigenvalue weighted by Crippen LogP contribution is 2.23. The lowest BCUT2D eigenvalue weighted by Crippen LogP contribution is -2.17. The van der Waals surface area contributed by atoms with Crippen LogP contribution in [0.4, 0.5) is 11.4 Å². The van der Waals surface area contributed by atoms with Crippen molar-refractivity contribution in [1.29, 1.82) is 0 Å². The molecule has 5 N–H and O–H groups in total. The first kappa shape index (κ1) is 15.1. The molecule has 1 aliphatic heterocycles. The van der Waals surface area contributed by atoms with E-state index in [0.717, 1.165) is 0 Å². The molecule has 1 aliphatic rings. The third-order valence-corrected chi connectivity index (χ3v) is 6.06. The van der Waals surface area contributed by atoms with Gasteiger partial charge in [0.25, 0.3) is 0 Å². The van der Waals surface area contributed by atoms with Gasteiger partial charge in [0, 0.05) is 12.2 Å². The molecule has 0 aromatic heterocycles. The van der Waals surface area contributed by atoms with E-state index in [4.69, 9.17) is 10.9 Å². The molecule has 1 saturated heterocycles. The third kappa shape index (κ3) is 3.62. The Kier molecular flexibility index (Phi) is 3.94. The molecule has 0 radical (unpaired) electrons. The normalized spacial score (nSPS) is 21.8. The van der Waals surface area contributed by atoms with E-state index in [0.29, 0.717) is 18.7 Å². The van der Waals surface area contributed by atoms with Gasteiger partial charge in [-0.05, 0) is 30.5 Å². The first-order chi connectivity index (χ1) is 9.17. The van der Waals surface area contributed by atoms with Gasteiger partial charge in [0.15, 0.2) is 9.84 Å².